The molecule has 0 unspecified atom stereocenters. The van der Waals surface area contributed by atoms with Gasteiger partial charge in [0.15, 0.2) is 5.58 Å². The van der Waals surface area contributed by atoms with Crippen LogP contribution in [0.25, 0.3) is 11.0 Å². The third kappa shape index (κ3) is 2.09. The molecule has 0 aliphatic carbocycles. The molecule has 4 heteroatoms. The van der Waals surface area contributed by atoms with Crippen molar-refractivity contribution in [1.82, 2.24) is 0 Å². The van der Waals surface area contributed by atoms with Gasteiger partial charge in [-0.05, 0) is 24.3 Å². The maximum atomic E-state index is 13.9. The summed E-state index contributed by atoms with van der Waals surface area (Å²) in [5.74, 6) is -0.552. The highest BCUT2D eigenvalue weighted by molar-refractivity contribution is 7.99. The fraction of sp³-hybridized carbons (Fsp3) is 0. The summed E-state index contributed by atoms with van der Waals surface area (Å²) in [4.78, 5) is 1.75. The number of nitriles is 1. The van der Waals surface area contributed by atoms with Crippen LogP contribution >= 0.6 is 11.8 Å². The number of halogens is 1. The second-order valence-electron chi connectivity index (χ2n) is 3.92. The van der Waals surface area contributed by atoms with Gasteiger partial charge < -0.3 is 4.42 Å². The van der Waals surface area contributed by atoms with Gasteiger partial charge in [0.25, 0.3) is 0 Å². The summed E-state index contributed by atoms with van der Waals surface area (Å²) in [6.45, 7) is 0. The summed E-state index contributed by atoms with van der Waals surface area (Å²) in [6.07, 6.45) is 1.47. The van der Waals surface area contributed by atoms with Crippen molar-refractivity contribution in [2.45, 2.75) is 9.79 Å². The maximum Gasteiger partial charge on any atom is 0.155 e. The zero-order valence-corrected chi connectivity index (χ0v) is 10.6. The Labute approximate surface area is 113 Å². The number of fused-ring (bicyclic) bond motifs is 1. The van der Waals surface area contributed by atoms with Crippen molar-refractivity contribution in [3.63, 3.8) is 0 Å². The number of furan rings is 1. The molecule has 2 aromatic carbocycles. The molecule has 3 rings (SSSR count). The number of rotatable bonds is 2. The van der Waals surface area contributed by atoms with E-state index in [-0.39, 0.29) is 5.56 Å². The molecule has 19 heavy (non-hydrogen) atoms. The molecule has 0 fully saturated rings. The van der Waals surface area contributed by atoms with Crippen LogP contribution in [0.4, 0.5) is 4.39 Å². The Morgan fingerprint density at radius 2 is 1.95 bits per heavy atom. The average molecular weight is 269 g/mol. The molecular weight excluding hydrogens is 261 g/mol. The van der Waals surface area contributed by atoms with Crippen LogP contribution in [0.15, 0.2) is 62.9 Å². The van der Waals surface area contributed by atoms with Crippen molar-refractivity contribution >= 4 is 22.7 Å². The molecule has 0 bridgehead atoms. The first-order valence-corrected chi connectivity index (χ1v) is 6.44. The molecule has 0 aliphatic rings. The van der Waals surface area contributed by atoms with Gasteiger partial charge in [0.2, 0.25) is 0 Å². The standard InChI is InChI=1S/C15H8FNOS/c16-13-8-14(19-10-4-2-1-3-5-10)11-6-7-18-15(11)12(13)9-17/h1-8H. The zero-order chi connectivity index (χ0) is 13.2. The Bertz CT molecular complexity index is 774. The van der Waals surface area contributed by atoms with Crippen LogP contribution < -0.4 is 0 Å². The Kier molecular flexibility index (Phi) is 2.98. The normalized spacial score (nSPS) is 10.5. The predicted molar refractivity (Wildman–Crippen MR) is 71.5 cm³/mol. The van der Waals surface area contributed by atoms with Gasteiger partial charge >= 0.3 is 0 Å². The number of hydrogen-bond acceptors (Lipinski definition) is 3. The molecule has 0 radical (unpaired) electrons. The summed E-state index contributed by atoms with van der Waals surface area (Å²) >= 11 is 1.45. The molecule has 0 N–H and O–H groups in total. The first-order valence-electron chi connectivity index (χ1n) is 5.62. The first kappa shape index (κ1) is 11.8. The van der Waals surface area contributed by atoms with Gasteiger partial charge in [-0.1, -0.05) is 30.0 Å². The Hall–Kier alpha value is -2.25. The van der Waals surface area contributed by atoms with Crippen molar-refractivity contribution in [1.29, 1.82) is 5.26 Å². The summed E-state index contributed by atoms with van der Waals surface area (Å²) in [6, 6.07) is 14.7. The van der Waals surface area contributed by atoms with E-state index >= 15 is 0 Å². The van der Waals surface area contributed by atoms with E-state index < -0.39 is 5.82 Å². The van der Waals surface area contributed by atoms with Crippen LogP contribution in [-0.2, 0) is 0 Å². The fourth-order valence-corrected chi connectivity index (χ4v) is 2.85. The van der Waals surface area contributed by atoms with Gasteiger partial charge in [0.1, 0.15) is 17.4 Å². The zero-order valence-electron chi connectivity index (χ0n) is 9.76. The number of benzene rings is 2. The maximum absolute atomic E-state index is 13.9. The molecule has 0 spiro atoms. The van der Waals surface area contributed by atoms with Gasteiger partial charge in [-0.15, -0.1) is 0 Å². The van der Waals surface area contributed by atoms with Crippen molar-refractivity contribution in [2.75, 3.05) is 0 Å². The Balaban J connectivity index is 2.15. The number of hydrogen-bond donors (Lipinski definition) is 0. The monoisotopic (exact) mass is 269 g/mol. The lowest BCUT2D eigenvalue weighted by Gasteiger charge is -2.04. The van der Waals surface area contributed by atoms with Gasteiger partial charge in [0, 0.05) is 15.2 Å². The van der Waals surface area contributed by atoms with E-state index in [1.54, 1.807) is 6.07 Å². The quantitative estimate of drug-likeness (QED) is 0.682. The Morgan fingerprint density at radius 3 is 2.68 bits per heavy atom. The summed E-state index contributed by atoms with van der Waals surface area (Å²) < 4.78 is 19.1. The van der Waals surface area contributed by atoms with Crippen molar-refractivity contribution in [3.8, 4) is 6.07 Å². The van der Waals surface area contributed by atoms with Gasteiger partial charge in [-0.3, -0.25) is 0 Å². The summed E-state index contributed by atoms with van der Waals surface area (Å²) in [5.41, 5.74) is 0.262. The molecule has 0 amide bonds. The van der Waals surface area contributed by atoms with E-state index in [9.17, 15) is 4.39 Å². The largest absolute Gasteiger partial charge is 0.463 e. The third-order valence-electron chi connectivity index (χ3n) is 2.74. The smallest absolute Gasteiger partial charge is 0.155 e. The van der Waals surface area contributed by atoms with Gasteiger partial charge in [0.05, 0.1) is 6.26 Å². The molecule has 92 valence electrons. The van der Waals surface area contributed by atoms with Crippen molar-refractivity contribution in [2.24, 2.45) is 0 Å². The van der Waals surface area contributed by atoms with Crippen LogP contribution in [0.5, 0.6) is 0 Å². The molecule has 0 atom stereocenters. The lowest BCUT2D eigenvalue weighted by molar-refractivity contribution is 0.593. The lowest BCUT2D eigenvalue weighted by atomic mass is 10.1. The summed E-state index contributed by atoms with van der Waals surface area (Å²) in [7, 11) is 0. The second kappa shape index (κ2) is 4.79. The fourth-order valence-electron chi connectivity index (χ4n) is 1.87. The van der Waals surface area contributed by atoms with Crippen LogP contribution in [0.3, 0.4) is 0 Å². The van der Waals surface area contributed by atoms with Crippen LogP contribution in [0, 0.1) is 17.1 Å². The molecule has 0 saturated carbocycles. The van der Waals surface area contributed by atoms with E-state index in [4.69, 9.17) is 9.68 Å². The predicted octanol–water partition coefficient (Wildman–Crippen LogP) is 4.59. The minimum Gasteiger partial charge on any atom is -0.463 e. The highest BCUT2D eigenvalue weighted by Gasteiger charge is 2.15. The van der Waals surface area contributed by atoms with E-state index in [0.29, 0.717) is 5.58 Å². The average Bonchev–Trinajstić information content (AvgIpc) is 2.89. The summed E-state index contributed by atoms with van der Waals surface area (Å²) in [5, 5.41) is 9.71. The Morgan fingerprint density at radius 1 is 1.16 bits per heavy atom. The molecule has 1 aromatic heterocycles. The van der Waals surface area contributed by atoms with E-state index in [1.807, 2.05) is 36.4 Å². The molecule has 3 aromatic rings. The molecular formula is C15H8FNOS. The molecule has 2 nitrogen and oxygen atoms in total. The minimum atomic E-state index is -0.552. The van der Waals surface area contributed by atoms with Crippen LogP contribution in [-0.4, -0.2) is 0 Å². The minimum absolute atomic E-state index is 0.0441. The van der Waals surface area contributed by atoms with Crippen LogP contribution in [0.2, 0.25) is 0 Å². The molecule has 0 saturated heterocycles. The number of nitrogens with zero attached hydrogens (tertiary/aromatic N) is 1. The topological polar surface area (TPSA) is 36.9 Å². The highest BCUT2D eigenvalue weighted by Crippen LogP contribution is 2.36. The third-order valence-corrected chi connectivity index (χ3v) is 3.80. The second-order valence-corrected chi connectivity index (χ2v) is 5.04. The SMILES string of the molecule is N#Cc1c(F)cc(Sc2ccccc2)c2ccoc12. The van der Waals surface area contributed by atoms with Gasteiger partial charge in [-0.2, -0.15) is 5.26 Å². The van der Waals surface area contributed by atoms with Crippen molar-refractivity contribution in [3.05, 3.63) is 60.1 Å². The molecule has 1 heterocycles. The van der Waals surface area contributed by atoms with Gasteiger partial charge in [-0.25, -0.2) is 4.39 Å². The molecule has 0 aliphatic heterocycles. The van der Waals surface area contributed by atoms with Crippen LogP contribution in [0.1, 0.15) is 5.56 Å². The van der Waals surface area contributed by atoms with E-state index in [0.717, 1.165) is 15.2 Å². The highest BCUT2D eigenvalue weighted by atomic mass is 32.2. The first-order chi connectivity index (χ1) is 9.29. The van der Waals surface area contributed by atoms with Crippen molar-refractivity contribution < 1.29 is 8.81 Å². The lowest BCUT2D eigenvalue weighted by Crippen LogP contribution is -1.86. The van der Waals surface area contributed by atoms with E-state index in [1.165, 1.54) is 24.1 Å². The van der Waals surface area contributed by atoms with E-state index in [2.05, 4.69) is 0 Å².